The van der Waals surface area contributed by atoms with E-state index in [1.807, 2.05) is 4.90 Å². The normalized spacial score (nSPS) is 22.7. The minimum atomic E-state index is -3.30. The van der Waals surface area contributed by atoms with Crippen molar-refractivity contribution in [2.24, 2.45) is 0 Å². The molecular formula is C15H21N3O4S. The zero-order chi connectivity index (χ0) is 16.6. The van der Waals surface area contributed by atoms with Gasteiger partial charge in [-0.3, -0.25) is 10.1 Å². The number of benzene rings is 1. The van der Waals surface area contributed by atoms with Gasteiger partial charge in [-0.05, 0) is 32.3 Å². The van der Waals surface area contributed by atoms with E-state index in [0.29, 0.717) is 43.9 Å². The molecule has 0 bridgehead atoms. The van der Waals surface area contributed by atoms with Crippen LogP contribution in [0.5, 0.6) is 0 Å². The van der Waals surface area contributed by atoms with Crippen LogP contribution in [0.15, 0.2) is 18.2 Å². The molecule has 8 heteroatoms. The van der Waals surface area contributed by atoms with Gasteiger partial charge in [0.15, 0.2) is 0 Å². The van der Waals surface area contributed by atoms with Gasteiger partial charge in [0.05, 0.1) is 10.2 Å². The molecule has 0 spiro atoms. The third kappa shape index (κ3) is 2.92. The van der Waals surface area contributed by atoms with Crippen molar-refractivity contribution in [3.63, 3.8) is 0 Å². The number of aryl methyl sites for hydroxylation is 1. The average Bonchev–Trinajstić information content (AvgIpc) is 3.18. The highest BCUT2D eigenvalue weighted by atomic mass is 32.2. The first kappa shape index (κ1) is 16.2. The largest absolute Gasteiger partial charge is 0.365 e. The average molecular weight is 339 g/mol. The number of nitro benzene ring substituents is 1. The van der Waals surface area contributed by atoms with E-state index in [2.05, 4.69) is 0 Å². The third-order valence-corrected chi connectivity index (χ3v) is 7.04. The number of hydrogen-bond donors (Lipinski definition) is 0. The number of para-hydroxylation sites is 1. The molecule has 23 heavy (non-hydrogen) atoms. The molecule has 0 aliphatic carbocycles. The maximum absolute atomic E-state index is 12.7. The van der Waals surface area contributed by atoms with Gasteiger partial charge >= 0.3 is 0 Å². The molecule has 2 fully saturated rings. The highest BCUT2D eigenvalue weighted by molar-refractivity contribution is 7.89. The minimum absolute atomic E-state index is 0.0757. The fourth-order valence-corrected chi connectivity index (χ4v) is 5.44. The van der Waals surface area contributed by atoms with Gasteiger partial charge in [-0.25, -0.2) is 12.7 Å². The lowest BCUT2D eigenvalue weighted by Crippen LogP contribution is -2.38. The minimum Gasteiger partial charge on any atom is -0.365 e. The summed E-state index contributed by atoms with van der Waals surface area (Å²) in [5.41, 5.74) is 1.19. The Morgan fingerprint density at radius 3 is 2.57 bits per heavy atom. The summed E-state index contributed by atoms with van der Waals surface area (Å²) >= 11 is 0. The Bertz CT molecular complexity index is 713. The van der Waals surface area contributed by atoms with Crippen molar-refractivity contribution < 1.29 is 13.3 Å². The molecule has 1 aromatic carbocycles. The molecule has 0 amide bonds. The maximum atomic E-state index is 12.7. The molecule has 3 rings (SSSR count). The molecule has 2 aliphatic heterocycles. The molecular weight excluding hydrogens is 318 g/mol. The number of nitrogens with zero attached hydrogens (tertiary/aromatic N) is 3. The first-order valence-electron chi connectivity index (χ1n) is 7.89. The fourth-order valence-electron chi connectivity index (χ4n) is 3.48. The van der Waals surface area contributed by atoms with Crippen LogP contribution in [0.25, 0.3) is 0 Å². The Kier molecular flexibility index (Phi) is 4.29. The van der Waals surface area contributed by atoms with Gasteiger partial charge in [0.2, 0.25) is 10.0 Å². The number of hydrogen-bond acceptors (Lipinski definition) is 5. The van der Waals surface area contributed by atoms with E-state index in [-0.39, 0.29) is 10.6 Å². The van der Waals surface area contributed by atoms with Crippen LogP contribution in [-0.4, -0.2) is 49.1 Å². The lowest BCUT2D eigenvalue weighted by molar-refractivity contribution is -0.384. The second kappa shape index (κ2) is 6.09. The molecule has 0 aromatic heterocycles. The highest BCUT2D eigenvalue weighted by Gasteiger charge is 2.39. The van der Waals surface area contributed by atoms with Crippen molar-refractivity contribution in [2.75, 3.05) is 31.1 Å². The molecule has 1 atom stereocenters. The fraction of sp³-hybridized carbons (Fsp3) is 0.600. The van der Waals surface area contributed by atoms with Crippen molar-refractivity contribution in [1.82, 2.24) is 4.31 Å². The predicted molar refractivity (Wildman–Crippen MR) is 88.2 cm³/mol. The first-order chi connectivity index (χ1) is 10.9. The van der Waals surface area contributed by atoms with E-state index in [9.17, 15) is 18.5 Å². The van der Waals surface area contributed by atoms with E-state index < -0.39 is 15.3 Å². The van der Waals surface area contributed by atoms with Gasteiger partial charge in [0.1, 0.15) is 5.69 Å². The van der Waals surface area contributed by atoms with E-state index in [4.69, 9.17) is 0 Å². The molecule has 126 valence electrons. The molecule has 0 saturated carbocycles. The van der Waals surface area contributed by atoms with E-state index >= 15 is 0 Å². The van der Waals surface area contributed by atoms with Crippen molar-refractivity contribution in [1.29, 1.82) is 0 Å². The number of rotatable bonds is 4. The van der Waals surface area contributed by atoms with Crippen LogP contribution in [-0.2, 0) is 10.0 Å². The number of nitro groups is 1. The monoisotopic (exact) mass is 339 g/mol. The van der Waals surface area contributed by atoms with Gasteiger partial charge in [-0.2, -0.15) is 0 Å². The first-order valence-corrected chi connectivity index (χ1v) is 9.39. The van der Waals surface area contributed by atoms with E-state index in [1.54, 1.807) is 29.4 Å². The topological polar surface area (TPSA) is 83.8 Å². The second-order valence-corrected chi connectivity index (χ2v) is 8.42. The van der Waals surface area contributed by atoms with Crippen molar-refractivity contribution in [2.45, 2.75) is 31.4 Å². The van der Waals surface area contributed by atoms with Gasteiger partial charge in [0, 0.05) is 31.7 Å². The molecule has 0 radical (unpaired) electrons. The second-order valence-electron chi connectivity index (χ2n) is 6.21. The summed E-state index contributed by atoms with van der Waals surface area (Å²) in [5.74, 6) is 0. The van der Waals surface area contributed by atoms with Crippen LogP contribution < -0.4 is 4.90 Å². The predicted octanol–water partition coefficient (Wildman–Crippen LogP) is 1.91. The molecule has 2 saturated heterocycles. The van der Waals surface area contributed by atoms with Crippen LogP contribution in [0, 0.1) is 17.0 Å². The summed E-state index contributed by atoms with van der Waals surface area (Å²) in [7, 11) is -3.30. The Morgan fingerprint density at radius 2 is 1.91 bits per heavy atom. The number of anilines is 1. The Labute approximate surface area is 136 Å². The smallest absolute Gasteiger partial charge is 0.295 e. The van der Waals surface area contributed by atoms with Crippen molar-refractivity contribution >= 4 is 21.4 Å². The summed E-state index contributed by atoms with van der Waals surface area (Å²) in [5, 5.41) is 10.9. The SMILES string of the molecule is Cc1cccc(N2CC[C@H](S(=O)(=O)N3CCCC3)C2)c1[N+](=O)[O-]. The molecule has 1 aromatic rings. The van der Waals surface area contributed by atoms with Crippen LogP contribution >= 0.6 is 0 Å². The lowest BCUT2D eigenvalue weighted by atomic mass is 10.1. The van der Waals surface area contributed by atoms with Gasteiger partial charge < -0.3 is 4.90 Å². The summed E-state index contributed by atoms with van der Waals surface area (Å²) in [6.07, 6.45) is 2.35. The molecule has 0 unspecified atom stereocenters. The zero-order valence-corrected chi connectivity index (χ0v) is 14.0. The van der Waals surface area contributed by atoms with Gasteiger partial charge in [-0.15, -0.1) is 0 Å². The standard InChI is InChI=1S/C15H21N3O4S/c1-12-5-4-6-14(15(12)18(19)20)16-10-7-13(11-16)23(21,22)17-8-2-3-9-17/h4-6,13H,2-3,7-11H2,1H3/t13-/m0/s1. The quantitative estimate of drug-likeness (QED) is 0.618. The van der Waals surface area contributed by atoms with Crippen LogP contribution in [0.1, 0.15) is 24.8 Å². The van der Waals surface area contributed by atoms with Crippen molar-refractivity contribution in [3.8, 4) is 0 Å². The van der Waals surface area contributed by atoms with Crippen molar-refractivity contribution in [3.05, 3.63) is 33.9 Å². The number of sulfonamides is 1. The molecule has 7 nitrogen and oxygen atoms in total. The van der Waals surface area contributed by atoms with Gasteiger partial charge in [0.25, 0.3) is 5.69 Å². The van der Waals surface area contributed by atoms with Crippen LogP contribution in [0.2, 0.25) is 0 Å². The summed E-state index contributed by atoms with van der Waals surface area (Å²) in [6.45, 7) is 3.76. The molecule has 2 heterocycles. The van der Waals surface area contributed by atoms with E-state index in [1.165, 1.54) is 0 Å². The Hall–Kier alpha value is -1.67. The molecule has 2 aliphatic rings. The summed E-state index contributed by atoms with van der Waals surface area (Å²) in [4.78, 5) is 12.8. The van der Waals surface area contributed by atoms with Crippen LogP contribution in [0.4, 0.5) is 11.4 Å². The van der Waals surface area contributed by atoms with Gasteiger partial charge in [-0.1, -0.05) is 12.1 Å². The Balaban J connectivity index is 1.83. The van der Waals surface area contributed by atoms with Crippen LogP contribution in [0.3, 0.4) is 0 Å². The van der Waals surface area contributed by atoms with E-state index in [0.717, 1.165) is 12.8 Å². The highest BCUT2D eigenvalue weighted by Crippen LogP contribution is 2.35. The molecule has 0 N–H and O–H groups in total. The third-order valence-electron chi connectivity index (χ3n) is 4.73. The zero-order valence-electron chi connectivity index (χ0n) is 13.1. The maximum Gasteiger partial charge on any atom is 0.295 e. The summed E-state index contributed by atoms with van der Waals surface area (Å²) < 4.78 is 26.9. The summed E-state index contributed by atoms with van der Waals surface area (Å²) in [6, 6.07) is 5.19. The Morgan fingerprint density at radius 1 is 1.22 bits per heavy atom. The lowest BCUT2D eigenvalue weighted by Gasteiger charge is -2.22.